The van der Waals surface area contributed by atoms with Crippen LogP contribution in [0.4, 0.5) is 4.79 Å². The number of urea groups is 1. The first kappa shape index (κ1) is 16.3. The van der Waals surface area contributed by atoms with Gasteiger partial charge in [0, 0.05) is 23.2 Å². The summed E-state index contributed by atoms with van der Waals surface area (Å²) in [6.45, 7) is 6.83. The standard InChI is InChI=1S/C16H21N3O2S/c1-4-21-14-8-6-5-7-13(14)9-17-16(20)19-12(3)15-18-11(2)10-22-15/h5-8,10,12H,4,9H2,1-3H3,(H2,17,19,20). The Bertz CT molecular complexity index is 627. The van der Waals surface area contributed by atoms with Crippen LogP contribution in [0.3, 0.4) is 0 Å². The molecule has 0 saturated heterocycles. The highest BCUT2D eigenvalue weighted by Crippen LogP contribution is 2.18. The highest BCUT2D eigenvalue weighted by molar-refractivity contribution is 7.09. The number of carbonyl (C=O) groups is 1. The number of para-hydroxylation sites is 1. The maximum atomic E-state index is 12.0. The Morgan fingerprint density at radius 3 is 2.86 bits per heavy atom. The summed E-state index contributed by atoms with van der Waals surface area (Å²) in [5, 5.41) is 8.62. The van der Waals surface area contributed by atoms with Gasteiger partial charge >= 0.3 is 6.03 Å². The van der Waals surface area contributed by atoms with Crippen LogP contribution in [-0.2, 0) is 6.54 Å². The molecule has 1 heterocycles. The van der Waals surface area contributed by atoms with E-state index in [1.165, 1.54) is 0 Å². The summed E-state index contributed by atoms with van der Waals surface area (Å²) >= 11 is 1.55. The number of hydrogen-bond donors (Lipinski definition) is 2. The molecular weight excluding hydrogens is 298 g/mol. The zero-order chi connectivity index (χ0) is 15.9. The molecule has 1 aromatic heterocycles. The van der Waals surface area contributed by atoms with Gasteiger partial charge in [0.2, 0.25) is 0 Å². The van der Waals surface area contributed by atoms with Gasteiger partial charge in [-0.2, -0.15) is 0 Å². The fourth-order valence-corrected chi connectivity index (χ4v) is 2.81. The lowest BCUT2D eigenvalue weighted by molar-refractivity contribution is 0.237. The molecule has 0 bridgehead atoms. The Hall–Kier alpha value is -2.08. The normalized spacial score (nSPS) is 11.8. The van der Waals surface area contributed by atoms with E-state index < -0.39 is 0 Å². The predicted octanol–water partition coefficient (Wildman–Crippen LogP) is 3.41. The summed E-state index contributed by atoms with van der Waals surface area (Å²) in [4.78, 5) is 16.4. The molecule has 2 aromatic rings. The Balaban J connectivity index is 1.88. The van der Waals surface area contributed by atoms with E-state index in [1.54, 1.807) is 11.3 Å². The summed E-state index contributed by atoms with van der Waals surface area (Å²) in [5.74, 6) is 0.800. The van der Waals surface area contributed by atoms with Crippen LogP contribution in [0.5, 0.6) is 5.75 Å². The molecule has 0 aliphatic carbocycles. The zero-order valence-electron chi connectivity index (χ0n) is 13.1. The van der Waals surface area contributed by atoms with E-state index >= 15 is 0 Å². The molecule has 5 nitrogen and oxygen atoms in total. The molecule has 118 valence electrons. The molecule has 0 spiro atoms. The maximum absolute atomic E-state index is 12.0. The number of aromatic nitrogens is 1. The number of benzene rings is 1. The second-order valence-corrected chi connectivity index (χ2v) is 5.81. The first-order chi connectivity index (χ1) is 10.6. The van der Waals surface area contributed by atoms with Crippen molar-refractivity contribution in [3.05, 3.63) is 45.9 Å². The zero-order valence-corrected chi connectivity index (χ0v) is 13.9. The predicted molar refractivity (Wildman–Crippen MR) is 88.2 cm³/mol. The third-order valence-electron chi connectivity index (χ3n) is 3.07. The minimum absolute atomic E-state index is 0.110. The van der Waals surface area contributed by atoms with Crippen molar-refractivity contribution in [2.24, 2.45) is 0 Å². The summed E-state index contributed by atoms with van der Waals surface area (Å²) in [6.07, 6.45) is 0. The number of aryl methyl sites for hydroxylation is 1. The molecular formula is C16H21N3O2S. The molecule has 0 fully saturated rings. The average Bonchev–Trinajstić information content (AvgIpc) is 2.93. The van der Waals surface area contributed by atoms with E-state index in [4.69, 9.17) is 4.74 Å². The molecule has 6 heteroatoms. The highest BCUT2D eigenvalue weighted by atomic mass is 32.1. The van der Waals surface area contributed by atoms with E-state index in [2.05, 4.69) is 15.6 Å². The topological polar surface area (TPSA) is 63.2 Å². The summed E-state index contributed by atoms with van der Waals surface area (Å²) in [6, 6.07) is 7.37. The number of nitrogens with zero attached hydrogens (tertiary/aromatic N) is 1. The average molecular weight is 319 g/mol. The number of amides is 2. The van der Waals surface area contributed by atoms with Crippen molar-refractivity contribution in [1.82, 2.24) is 15.6 Å². The van der Waals surface area contributed by atoms with Crippen LogP contribution in [-0.4, -0.2) is 17.6 Å². The molecule has 1 aromatic carbocycles. The SMILES string of the molecule is CCOc1ccccc1CNC(=O)NC(C)c1nc(C)cs1. The van der Waals surface area contributed by atoms with Gasteiger partial charge in [-0.15, -0.1) is 11.3 Å². The van der Waals surface area contributed by atoms with E-state index in [0.29, 0.717) is 13.2 Å². The quantitative estimate of drug-likeness (QED) is 0.857. The summed E-state index contributed by atoms with van der Waals surface area (Å²) in [7, 11) is 0. The number of nitrogens with one attached hydrogen (secondary N) is 2. The van der Waals surface area contributed by atoms with Crippen LogP contribution in [0.1, 0.15) is 36.2 Å². The lowest BCUT2D eigenvalue weighted by Crippen LogP contribution is -2.36. The first-order valence-electron chi connectivity index (χ1n) is 7.27. The fourth-order valence-electron chi connectivity index (χ4n) is 2.00. The van der Waals surface area contributed by atoms with Crippen molar-refractivity contribution in [2.75, 3.05) is 6.61 Å². The Labute approximate surface area is 134 Å². The van der Waals surface area contributed by atoms with Gasteiger partial charge in [0.1, 0.15) is 10.8 Å². The third-order valence-corrected chi connectivity index (χ3v) is 4.21. The van der Waals surface area contributed by atoms with Gasteiger partial charge in [0.25, 0.3) is 0 Å². The molecule has 2 rings (SSSR count). The van der Waals surface area contributed by atoms with E-state index in [9.17, 15) is 4.79 Å². The van der Waals surface area contributed by atoms with Crippen LogP contribution in [0.25, 0.3) is 0 Å². The lowest BCUT2D eigenvalue weighted by atomic mass is 10.2. The molecule has 2 N–H and O–H groups in total. The van der Waals surface area contributed by atoms with E-state index in [-0.39, 0.29) is 12.1 Å². The van der Waals surface area contributed by atoms with Crippen molar-refractivity contribution >= 4 is 17.4 Å². The van der Waals surface area contributed by atoms with Gasteiger partial charge in [-0.3, -0.25) is 0 Å². The van der Waals surface area contributed by atoms with Gasteiger partial charge in [0.15, 0.2) is 0 Å². The smallest absolute Gasteiger partial charge is 0.315 e. The lowest BCUT2D eigenvalue weighted by Gasteiger charge is -2.14. The number of ether oxygens (including phenoxy) is 1. The minimum Gasteiger partial charge on any atom is -0.494 e. The van der Waals surface area contributed by atoms with Gasteiger partial charge in [0.05, 0.1) is 12.6 Å². The molecule has 0 aliphatic heterocycles. The molecule has 0 saturated carbocycles. The highest BCUT2D eigenvalue weighted by Gasteiger charge is 2.12. The number of carbonyl (C=O) groups excluding carboxylic acids is 1. The second-order valence-electron chi connectivity index (χ2n) is 4.92. The maximum Gasteiger partial charge on any atom is 0.315 e. The number of thiazole rings is 1. The van der Waals surface area contributed by atoms with Gasteiger partial charge in [-0.05, 0) is 26.8 Å². The molecule has 0 radical (unpaired) electrons. The van der Waals surface area contributed by atoms with E-state index in [0.717, 1.165) is 22.0 Å². The molecule has 2 amide bonds. The second kappa shape index (κ2) is 7.79. The van der Waals surface area contributed by atoms with Crippen LogP contribution in [0.15, 0.2) is 29.6 Å². The molecule has 1 unspecified atom stereocenters. The Morgan fingerprint density at radius 1 is 1.41 bits per heavy atom. The van der Waals surface area contributed by atoms with Crippen LogP contribution >= 0.6 is 11.3 Å². The van der Waals surface area contributed by atoms with Crippen LogP contribution < -0.4 is 15.4 Å². The van der Waals surface area contributed by atoms with Crippen molar-refractivity contribution in [2.45, 2.75) is 33.4 Å². The Kier molecular flexibility index (Phi) is 5.77. The Morgan fingerprint density at radius 2 is 2.18 bits per heavy atom. The van der Waals surface area contributed by atoms with E-state index in [1.807, 2.05) is 50.4 Å². The van der Waals surface area contributed by atoms with Crippen LogP contribution in [0.2, 0.25) is 0 Å². The van der Waals surface area contributed by atoms with Crippen molar-refractivity contribution < 1.29 is 9.53 Å². The van der Waals surface area contributed by atoms with Gasteiger partial charge < -0.3 is 15.4 Å². The van der Waals surface area contributed by atoms with Gasteiger partial charge in [-0.1, -0.05) is 18.2 Å². The van der Waals surface area contributed by atoms with Gasteiger partial charge in [-0.25, -0.2) is 9.78 Å². The van der Waals surface area contributed by atoms with Crippen molar-refractivity contribution in [3.8, 4) is 5.75 Å². The largest absolute Gasteiger partial charge is 0.494 e. The first-order valence-corrected chi connectivity index (χ1v) is 8.15. The molecule has 22 heavy (non-hydrogen) atoms. The minimum atomic E-state index is -0.216. The number of rotatable bonds is 6. The van der Waals surface area contributed by atoms with Crippen molar-refractivity contribution in [1.29, 1.82) is 0 Å². The summed E-state index contributed by atoms with van der Waals surface area (Å²) in [5.41, 5.74) is 1.93. The number of hydrogen-bond acceptors (Lipinski definition) is 4. The van der Waals surface area contributed by atoms with Crippen molar-refractivity contribution in [3.63, 3.8) is 0 Å². The monoisotopic (exact) mass is 319 g/mol. The summed E-state index contributed by atoms with van der Waals surface area (Å²) < 4.78 is 5.54. The fraction of sp³-hybridized carbons (Fsp3) is 0.375. The molecule has 1 atom stereocenters. The third kappa shape index (κ3) is 4.46. The van der Waals surface area contributed by atoms with Crippen LogP contribution in [0, 0.1) is 6.92 Å². The molecule has 0 aliphatic rings.